The second kappa shape index (κ2) is 9.97. The molecule has 1 fully saturated rings. The number of hydrogen-bond acceptors (Lipinski definition) is 4. The van der Waals surface area contributed by atoms with E-state index in [1.54, 1.807) is 25.3 Å². The zero-order valence-corrected chi connectivity index (χ0v) is 20.3. The molecule has 4 amide bonds. The first-order chi connectivity index (χ1) is 16.8. The maximum absolute atomic E-state index is 13.3. The molecule has 1 N–H and O–H groups in total. The number of hydrogen-bond donors (Lipinski definition) is 1. The third-order valence-corrected chi connectivity index (χ3v) is 6.01. The maximum Gasteiger partial charge on any atom is 0.335 e. The topological polar surface area (TPSA) is 75.7 Å². The van der Waals surface area contributed by atoms with Crippen molar-refractivity contribution in [2.24, 2.45) is 0 Å². The van der Waals surface area contributed by atoms with Gasteiger partial charge in [0.25, 0.3) is 11.8 Å². The summed E-state index contributed by atoms with van der Waals surface area (Å²) >= 11 is 0. The van der Waals surface area contributed by atoms with Crippen molar-refractivity contribution < 1.29 is 19.1 Å². The SMILES string of the molecule is CCc1ccccc1N1C(=O)NC(=O)/C(=C/c2ccc(Cc3cc(C)cc(C)c3)c(OC)c2)C1=O. The van der Waals surface area contributed by atoms with Crippen molar-refractivity contribution in [1.29, 1.82) is 0 Å². The van der Waals surface area contributed by atoms with Gasteiger partial charge in [-0.25, -0.2) is 9.69 Å². The number of anilines is 1. The molecule has 0 atom stereocenters. The Kier molecular flexibility index (Phi) is 6.82. The molecule has 1 saturated heterocycles. The second-order valence-electron chi connectivity index (χ2n) is 8.68. The molecule has 1 heterocycles. The van der Waals surface area contributed by atoms with Gasteiger partial charge in [-0.3, -0.25) is 14.9 Å². The van der Waals surface area contributed by atoms with Gasteiger partial charge in [0.15, 0.2) is 0 Å². The highest BCUT2D eigenvalue weighted by Gasteiger charge is 2.37. The fraction of sp³-hybridized carbons (Fsp3) is 0.207. The van der Waals surface area contributed by atoms with Gasteiger partial charge >= 0.3 is 6.03 Å². The average molecular weight is 469 g/mol. The van der Waals surface area contributed by atoms with Crippen molar-refractivity contribution in [1.82, 2.24) is 5.32 Å². The van der Waals surface area contributed by atoms with Gasteiger partial charge < -0.3 is 4.74 Å². The quantitative estimate of drug-likeness (QED) is 0.402. The number of carbonyl (C=O) groups excluding carboxylic acids is 3. The van der Waals surface area contributed by atoms with Gasteiger partial charge in [0.2, 0.25) is 0 Å². The Morgan fingerprint density at radius 2 is 1.63 bits per heavy atom. The number of para-hydroxylation sites is 1. The monoisotopic (exact) mass is 468 g/mol. The second-order valence-corrected chi connectivity index (χ2v) is 8.68. The molecular weight excluding hydrogens is 440 g/mol. The molecular formula is C29H28N2O4. The number of amides is 4. The van der Waals surface area contributed by atoms with E-state index in [2.05, 4.69) is 37.4 Å². The predicted molar refractivity (Wildman–Crippen MR) is 137 cm³/mol. The highest BCUT2D eigenvalue weighted by molar-refractivity contribution is 6.39. The standard InChI is InChI=1S/C29H28N2O4/c1-5-22-8-6-7-9-25(22)31-28(33)24(27(32)30-29(31)34)16-20-10-11-23(26(17-20)35-4)15-21-13-18(2)12-19(3)14-21/h6-14,16-17H,5,15H2,1-4H3,(H,30,32,34)/b24-16-. The van der Waals surface area contributed by atoms with Gasteiger partial charge in [-0.1, -0.05) is 66.6 Å². The van der Waals surface area contributed by atoms with Crippen LogP contribution in [0.15, 0.2) is 66.2 Å². The summed E-state index contributed by atoms with van der Waals surface area (Å²) in [5.74, 6) is -0.715. The minimum Gasteiger partial charge on any atom is -0.496 e. The van der Waals surface area contributed by atoms with Crippen LogP contribution in [0.25, 0.3) is 6.08 Å². The van der Waals surface area contributed by atoms with Crippen LogP contribution in [0.5, 0.6) is 5.75 Å². The van der Waals surface area contributed by atoms with E-state index < -0.39 is 17.8 Å². The van der Waals surface area contributed by atoms with Crippen LogP contribution < -0.4 is 15.0 Å². The molecule has 6 nitrogen and oxygen atoms in total. The highest BCUT2D eigenvalue weighted by Crippen LogP contribution is 2.28. The summed E-state index contributed by atoms with van der Waals surface area (Å²) in [6.45, 7) is 6.09. The first kappa shape index (κ1) is 24.0. The lowest BCUT2D eigenvalue weighted by Crippen LogP contribution is -2.54. The summed E-state index contributed by atoms with van der Waals surface area (Å²) in [4.78, 5) is 39.5. The number of carbonyl (C=O) groups is 3. The van der Waals surface area contributed by atoms with Crippen molar-refractivity contribution in [2.75, 3.05) is 12.0 Å². The predicted octanol–water partition coefficient (Wildman–Crippen LogP) is 5.13. The van der Waals surface area contributed by atoms with Gasteiger partial charge in [-0.2, -0.15) is 0 Å². The number of nitrogens with zero attached hydrogens (tertiary/aromatic N) is 1. The van der Waals surface area contributed by atoms with E-state index in [1.165, 1.54) is 22.8 Å². The van der Waals surface area contributed by atoms with Crippen LogP contribution in [0, 0.1) is 13.8 Å². The molecule has 0 saturated carbocycles. The number of imide groups is 2. The van der Waals surface area contributed by atoms with Crippen LogP contribution in [-0.4, -0.2) is 25.0 Å². The van der Waals surface area contributed by atoms with Crippen molar-refractivity contribution in [3.63, 3.8) is 0 Å². The van der Waals surface area contributed by atoms with E-state index in [4.69, 9.17) is 4.74 Å². The van der Waals surface area contributed by atoms with E-state index >= 15 is 0 Å². The molecule has 0 bridgehead atoms. The highest BCUT2D eigenvalue weighted by atomic mass is 16.5. The third kappa shape index (κ3) is 5.01. The van der Waals surface area contributed by atoms with Gasteiger partial charge in [-0.05, 0) is 60.7 Å². The van der Waals surface area contributed by atoms with Crippen molar-refractivity contribution in [3.8, 4) is 5.75 Å². The molecule has 3 aromatic carbocycles. The first-order valence-corrected chi connectivity index (χ1v) is 11.5. The van der Waals surface area contributed by atoms with E-state index in [-0.39, 0.29) is 5.57 Å². The summed E-state index contributed by atoms with van der Waals surface area (Å²) in [5.41, 5.74) is 6.39. The summed E-state index contributed by atoms with van der Waals surface area (Å²) in [6, 6.07) is 18.4. The molecule has 1 aliphatic heterocycles. The van der Waals surface area contributed by atoms with E-state index in [9.17, 15) is 14.4 Å². The summed E-state index contributed by atoms with van der Waals surface area (Å²) in [6.07, 6.45) is 2.83. The molecule has 0 aliphatic carbocycles. The normalized spacial score (nSPS) is 14.9. The fourth-order valence-corrected chi connectivity index (χ4v) is 4.46. The number of aryl methyl sites for hydroxylation is 3. The van der Waals surface area contributed by atoms with E-state index in [0.29, 0.717) is 29.8 Å². The van der Waals surface area contributed by atoms with Crippen LogP contribution in [0.4, 0.5) is 10.5 Å². The summed E-state index contributed by atoms with van der Waals surface area (Å²) < 4.78 is 5.62. The van der Waals surface area contributed by atoms with Crippen molar-refractivity contribution >= 4 is 29.6 Å². The minimum atomic E-state index is -0.751. The smallest absolute Gasteiger partial charge is 0.335 e. The Morgan fingerprint density at radius 1 is 0.914 bits per heavy atom. The maximum atomic E-state index is 13.3. The number of ether oxygens (including phenoxy) is 1. The number of barbiturate groups is 1. The van der Waals surface area contributed by atoms with Gasteiger partial charge in [0.05, 0.1) is 12.8 Å². The number of nitrogens with one attached hydrogen (secondary N) is 1. The summed E-state index contributed by atoms with van der Waals surface area (Å²) in [5, 5.41) is 2.29. The zero-order chi connectivity index (χ0) is 25.1. The third-order valence-electron chi connectivity index (χ3n) is 6.01. The molecule has 6 heteroatoms. The molecule has 0 unspecified atom stereocenters. The lowest BCUT2D eigenvalue weighted by Gasteiger charge is -2.28. The zero-order valence-electron chi connectivity index (χ0n) is 20.3. The van der Waals surface area contributed by atoms with Crippen LogP contribution in [0.2, 0.25) is 0 Å². The van der Waals surface area contributed by atoms with E-state index in [0.717, 1.165) is 16.0 Å². The number of rotatable bonds is 6. The molecule has 0 aromatic heterocycles. The lowest BCUT2D eigenvalue weighted by molar-refractivity contribution is -0.122. The van der Waals surface area contributed by atoms with Crippen LogP contribution in [0.3, 0.4) is 0 Å². The Hall–Kier alpha value is -4.19. The van der Waals surface area contributed by atoms with Gasteiger partial charge in [0, 0.05) is 6.42 Å². The van der Waals surface area contributed by atoms with Gasteiger partial charge in [-0.15, -0.1) is 0 Å². The molecule has 0 spiro atoms. The largest absolute Gasteiger partial charge is 0.496 e. The number of urea groups is 1. The molecule has 35 heavy (non-hydrogen) atoms. The molecule has 1 aliphatic rings. The van der Waals surface area contributed by atoms with Gasteiger partial charge in [0.1, 0.15) is 11.3 Å². The molecule has 0 radical (unpaired) electrons. The Bertz CT molecular complexity index is 1340. The summed E-state index contributed by atoms with van der Waals surface area (Å²) in [7, 11) is 1.60. The molecule has 4 rings (SSSR count). The Labute approximate surface area is 205 Å². The van der Waals surface area contributed by atoms with Crippen molar-refractivity contribution in [2.45, 2.75) is 33.6 Å². The van der Waals surface area contributed by atoms with Crippen LogP contribution >= 0.6 is 0 Å². The molecule has 178 valence electrons. The Balaban J connectivity index is 1.67. The van der Waals surface area contributed by atoms with E-state index in [1.807, 2.05) is 31.2 Å². The van der Waals surface area contributed by atoms with Crippen LogP contribution in [-0.2, 0) is 22.4 Å². The lowest BCUT2D eigenvalue weighted by atomic mass is 9.98. The Morgan fingerprint density at radius 3 is 2.31 bits per heavy atom. The number of benzene rings is 3. The average Bonchev–Trinajstić information content (AvgIpc) is 2.82. The van der Waals surface area contributed by atoms with Crippen LogP contribution in [0.1, 0.15) is 40.3 Å². The molecule has 3 aromatic rings. The minimum absolute atomic E-state index is 0.111. The number of methoxy groups -OCH3 is 1. The van der Waals surface area contributed by atoms with Crippen molar-refractivity contribution in [3.05, 3.63) is 99.6 Å². The fourth-order valence-electron chi connectivity index (χ4n) is 4.46. The first-order valence-electron chi connectivity index (χ1n) is 11.5.